The number of para-hydroxylation sites is 1. The summed E-state index contributed by atoms with van der Waals surface area (Å²) in [7, 11) is -3.91. The van der Waals surface area contributed by atoms with Crippen LogP contribution in [-0.4, -0.2) is 51.8 Å². The van der Waals surface area contributed by atoms with Crippen LogP contribution in [-0.2, 0) is 15.6 Å². The van der Waals surface area contributed by atoms with Gasteiger partial charge < -0.3 is 10.0 Å². The van der Waals surface area contributed by atoms with Crippen LogP contribution >= 0.6 is 11.5 Å². The number of nitrogens with zero attached hydrogens (tertiary/aromatic N) is 4. The van der Waals surface area contributed by atoms with Gasteiger partial charge in [-0.3, -0.25) is 19.5 Å². The molecule has 11 heteroatoms. The lowest BCUT2D eigenvalue weighted by Gasteiger charge is -2.37. The number of piperidine rings is 1. The Bertz CT molecular complexity index is 1490. The Morgan fingerprint density at radius 2 is 1.80 bits per heavy atom. The van der Waals surface area contributed by atoms with Gasteiger partial charge in [0.2, 0.25) is 0 Å². The van der Waals surface area contributed by atoms with Crippen molar-refractivity contribution in [3.63, 3.8) is 0 Å². The molecule has 2 aromatic heterocycles. The number of rotatable bonds is 5. The monoisotopic (exact) mass is 509 g/mol. The number of hydrogen-bond donors (Lipinski definition) is 2. The third kappa shape index (κ3) is 4.62. The Labute approximate surface area is 206 Å². The molecule has 0 unspecified atom stereocenters. The number of carbonyl (C=O) groups is 1. The third-order valence-electron chi connectivity index (χ3n) is 6.10. The lowest BCUT2D eigenvalue weighted by molar-refractivity contribution is -0.0183. The summed E-state index contributed by atoms with van der Waals surface area (Å²) in [4.78, 5) is 23.9. The molecule has 1 saturated heterocycles. The SMILES string of the molecule is Cc1cc(C2(O)CCN(C(=O)c3ccc(NS(=O)(=O)c4cccc5nccnc45)cc3)CC2)sn1. The summed E-state index contributed by atoms with van der Waals surface area (Å²) in [5, 5.41) is 11.0. The molecular weight excluding hydrogens is 486 g/mol. The molecular formula is C24H23N5O4S2. The Kier molecular flexibility index (Phi) is 5.99. The highest BCUT2D eigenvalue weighted by atomic mass is 32.2. The number of fused-ring (bicyclic) bond motifs is 1. The van der Waals surface area contributed by atoms with Gasteiger partial charge in [0.15, 0.2) is 0 Å². The molecule has 0 saturated carbocycles. The molecule has 2 N–H and O–H groups in total. The van der Waals surface area contributed by atoms with Gasteiger partial charge in [0.1, 0.15) is 16.0 Å². The van der Waals surface area contributed by atoms with Crippen LogP contribution in [0.25, 0.3) is 11.0 Å². The second kappa shape index (κ2) is 8.99. The molecule has 1 aliphatic heterocycles. The van der Waals surface area contributed by atoms with Crippen molar-refractivity contribution in [3.05, 3.63) is 77.1 Å². The van der Waals surface area contributed by atoms with E-state index in [1.165, 1.54) is 30.0 Å². The minimum atomic E-state index is -3.91. The van der Waals surface area contributed by atoms with Gasteiger partial charge in [-0.25, -0.2) is 8.42 Å². The molecule has 5 rings (SSSR count). The molecule has 0 radical (unpaired) electrons. The molecule has 0 spiro atoms. The van der Waals surface area contributed by atoms with Gasteiger partial charge >= 0.3 is 0 Å². The zero-order valence-electron chi connectivity index (χ0n) is 18.9. The summed E-state index contributed by atoms with van der Waals surface area (Å²) in [5.74, 6) is -0.161. The van der Waals surface area contributed by atoms with E-state index in [0.717, 1.165) is 10.6 Å². The summed E-state index contributed by atoms with van der Waals surface area (Å²) in [5.41, 5.74) is 1.46. The predicted octanol–water partition coefficient (Wildman–Crippen LogP) is 3.32. The first kappa shape index (κ1) is 23.3. The molecule has 9 nitrogen and oxygen atoms in total. The van der Waals surface area contributed by atoms with Crippen molar-refractivity contribution in [2.45, 2.75) is 30.3 Å². The first-order chi connectivity index (χ1) is 16.7. The van der Waals surface area contributed by atoms with Crippen molar-refractivity contribution < 1.29 is 18.3 Å². The fourth-order valence-electron chi connectivity index (χ4n) is 4.17. The minimum absolute atomic E-state index is 0.0280. The second-order valence-corrected chi connectivity index (χ2v) is 11.0. The van der Waals surface area contributed by atoms with E-state index in [0.29, 0.717) is 42.7 Å². The van der Waals surface area contributed by atoms with Crippen molar-refractivity contribution in [3.8, 4) is 0 Å². The molecule has 3 heterocycles. The predicted molar refractivity (Wildman–Crippen MR) is 133 cm³/mol. The van der Waals surface area contributed by atoms with Crippen LogP contribution in [0.15, 0.2) is 65.8 Å². The molecule has 1 fully saturated rings. The Morgan fingerprint density at radius 1 is 1.09 bits per heavy atom. The van der Waals surface area contributed by atoms with Gasteiger partial charge in [0.05, 0.1) is 16.1 Å². The van der Waals surface area contributed by atoms with Crippen LogP contribution in [0.5, 0.6) is 0 Å². The lowest BCUT2D eigenvalue weighted by Crippen LogP contribution is -2.44. The number of sulfonamides is 1. The van der Waals surface area contributed by atoms with Gasteiger partial charge in [-0.15, -0.1) is 0 Å². The molecule has 1 amide bonds. The summed E-state index contributed by atoms with van der Waals surface area (Å²) in [6.45, 7) is 2.73. The van der Waals surface area contributed by atoms with Crippen molar-refractivity contribution in [2.24, 2.45) is 0 Å². The average molecular weight is 510 g/mol. The highest BCUT2D eigenvalue weighted by Crippen LogP contribution is 2.35. The fourth-order valence-corrected chi connectivity index (χ4v) is 6.28. The van der Waals surface area contributed by atoms with Gasteiger partial charge in [-0.05, 0) is 73.8 Å². The van der Waals surface area contributed by atoms with E-state index in [4.69, 9.17) is 0 Å². The highest BCUT2D eigenvalue weighted by Gasteiger charge is 2.37. The molecule has 0 bridgehead atoms. The number of aliphatic hydroxyl groups is 1. The normalized spacial score (nSPS) is 15.8. The Morgan fingerprint density at radius 3 is 2.49 bits per heavy atom. The quantitative estimate of drug-likeness (QED) is 0.423. The van der Waals surface area contributed by atoms with Crippen LogP contribution in [0.1, 0.15) is 33.8 Å². The van der Waals surface area contributed by atoms with E-state index >= 15 is 0 Å². The van der Waals surface area contributed by atoms with Gasteiger partial charge in [-0.1, -0.05) is 6.07 Å². The number of nitrogens with one attached hydrogen (secondary N) is 1. The first-order valence-electron chi connectivity index (χ1n) is 11.0. The molecule has 1 aliphatic rings. The highest BCUT2D eigenvalue weighted by molar-refractivity contribution is 7.93. The van der Waals surface area contributed by atoms with E-state index in [1.807, 2.05) is 13.0 Å². The zero-order valence-corrected chi connectivity index (χ0v) is 20.5. The molecule has 2 aromatic carbocycles. The van der Waals surface area contributed by atoms with Crippen LogP contribution < -0.4 is 4.72 Å². The van der Waals surface area contributed by atoms with Crippen molar-refractivity contribution in [1.29, 1.82) is 0 Å². The van der Waals surface area contributed by atoms with Gasteiger partial charge in [0.25, 0.3) is 15.9 Å². The van der Waals surface area contributed by atoms with Gasteiger partial charge in [0, 0.05) is 36.7 Å². The number of benzene rings is 2. The maximum absolute atomic E-state index is 13.0. The van der Waals surface area contributed by atoms with Crippen LogP contribution in [0.2, 0.25) is 0 Å². The van der Waals surface area contributed by atoms with Crippen LogP contribution in [0.4, 0.5) is 5.69 Å². The van der Waals surface area contributed by atoms with Crippen molar-refractivity contribution >= 4 is 44.2 Å². The number of likely N-dealkylation sites (tertiary alicyclic amines) is 1. The molecule has 180 valence electrons. The number of aromatic nitrogens is 3. The number of hydrogen-bond acceptors (Lipinski definition) is 8. The molecule has 0 atom stereocenters. The minimum Gasteiger partial charge on any atom is -0.384 e. The van der Waals surface area contributed by atoms with Crippen molar-refractivity contribution in [2.75, 3.05) is 17.8 Å². The summed E-state index contributed by atoms with van der Waals surface area (Å²) in [6.07, 6.45) is 3.82. The van der Waals surface area contributed by atoms with E-state index < -0.39 is 15.6 Å². The maximum atomic E-state index is 13.0. The van der Waals surface area contributed by atoms with Crippen molar-refractivity contribution in [1.82, 2.24) is 19.2 Å². The lowest BCUT2D eigenvalue weighted by atomic mass is 9.89. The third-order valence-corrected chi connectivity index (χ3v) is 8.59. The number of anilines is 1. The Balaban J connectivity index is 1.27. The fraction of sp³-hybridized carbons (Fsp3) is 0.250. The maximum Gasteiger partial charge on any atom is 0.264 e. The second-order valence-electron chi connectivity index (χ2n) is 8.52. The van der Waals surface area contributed by atoms with Gasteiger partial charge in [-0.2, -0.15) is 4.37 Å². The topological polar surface area (TPSA) is 125 Å². The number of aryl methyl sites for hydroxylation is 1. The Hall–Kier alpha value is -3.41. The average Bonchev–Trinajstić information content (AvgIpc) is 3.31. The van der Waals surface area contributed by atoms with E-state index in [2.05, 4.69) is 19.1 Å². The summed E-state index contributed by atoms with van der Waals surface area (Å²) >= 11 is 1.30. The number of carbonyl (C=O) groups excluding carboxylic acids is 1. The zero-order chi connectivity index (χ0) is 24.6. The number of amides is 1. The van der Waals surface area contributed by atoms with E-state index in [9.17, 15) is 18.3 Å². The van der Waals surface area contributed by atoms with Crippen LogP contribution in [0, 0.1) is 6.92 Å². The summed E-state index contributed by atoms with van der Waals surface area (Å²) < 4.78 is 32.8. The van der Waals surface area contributed by atoms with Crippen LogP contribution in [0.3, 0.4) is 0 Å². The largest absolute Gasteiger partial charge is 0.384 e. The molecule has 35 heavy (non-hydrogen) atoms. The van der Waals surface area contributed by atoms with E-state index in [1.54, 1.807) is 41.3 Å². The standard InChI is InChI=1S/C24H23N5O4S2/c1-16-15-21(34-27-16)24(31)9-13-29(14-10-24)23(30)17-5-7-18(8-6-17)28-35(32,33)20-4-2-3-19-22(20)26-12-11-25-19/h2-8,11-12,15,28,31H,9-10,13-14H2,1H3. The smallest absolute Gasteiger partial charge is 0.264 e. The summed E-state index contributed by atoms with van der Waals surface area (Å²) in [6, 6.07) is 13.0. The first-order valence-corrected chi connectivity index (χ1v) is 13.3. The van der Waals surface area contributed by atoms with E-state index in [-0.39, 0.29) is 16.3 Å². The molecule has 4 aromatic rings. The molecule has 0 aliphatic carbocycles.